The monoisotopic (exact) mass is 297 g/mol. The largest absolute Gasteiger partial charge is 0.480 e. The summed E-state index contributed by atoms with van der Waals surface area (Å²) in [4.78, 5) is 29.2. The van der Waals surface area contributed by atoms with Crippen LogP contribution in [-0.4, -0.2) is 76.6 Å². The summed E-state index contributed by atoms with van der Waals surface area (Å²) in [5, 5.41) is 8.96. The minimum absolute atomic E-state index is 0.0948. The zero-order chi connectivity index (χ0) is 15.4. The maximum atomic E-state index is 12.5. The van der Waals surface area contributed by atoms with E-state index in [1.54, 1.807) is 0 Å². The van der Waals surface area contributed by atoms with E-state index in [1.165, 1.54) is 24.2 Å². The third-order valence-electron chi connectivity index (χ3n) is 4.52. The lowest BCUT2D eigenvalue weighted by atomic mass is 10.1. The Balaban J connectivity index is 1.92. The Hall–Kier alpha value is -1.30. The van der Waals surface area contributed by atoms with E-state index in [0.29, 0.717) is 6.04 Å². The van der Waals surface area contributed by atoms with Crippen LogP contribution >= 0.6 is 0 Å². The number of urea groups is 1. The molecule has 6 nitrogen and oxygen atoms in total. The normalized spacial score (nSPS) is 23.6. The highest BCUT2D eigenvalue weighted by Gasteiger charge is 2.34. The van der Waals surface area contributed by atoms with E-state index >= 15 is 0 Å². The topological polar surface area (TPSA) is 64.1 Å². The van der Waals surface area contributed by atoms with E-state index in [4.69, 9.17) is 5.11 Å². The average molecular weight is 297 g/mol. The molecule has 120 valence electrons. The first kappa shape index (κ1) is 16.1. The van der Waals surface area contributed by atoms with Gasteiger partial charge in [-0.25, -0.2) is 4.79 Å². The molecule has 0 spiro atoms. The Kier molecular flexibility index (Phi) is 5.45. The standard InChI is InChI=1S/C15H27N3O3/c1-12(2)18(11-14(19)20)15(21)17-9-6-13(10-17)16-7-4-3-5-8-16/h12-13H,3-11H2,1-2H3,(H,19,20). The van der Waals surface area contributed by atoms with Crippen molar-refractivity contribution in [3.05, 3.63) is 0 Å². The van der Waals surface area contributed by atoms with Gasteiger partial charge >= 0.3 is 12.0 Å². The molecule has 2 heterocycles. The van der Waals surface area contributed by atoms with Gasteiger partial charge in [-0.15, -0.1) is 0 Å². The highest BCUT2D eigenvalue weighted by Crippen LogP contribution is 2.21. The first-order valence-electron chi connectivity index (χ1n) is 8.00. The molecule has 0 aromatic rings. The van der Waals surface area contributed by atoms with Crippen LogP contribution in [0.5, 0.6) is 0 Å². The lowest BCUT2D eigenvalue weighted by Gasteiger charge is -2.33. The van der Waals surface area contributed by atoms with Gasteiger partial charge in [0.1, 0.15) is 6.54 Å². The smallest absolute Gasteiger partial charge is 0.323 e. The summed E-state index contributed by atoms with van der Waals surface area (Å²) < 4.78 is 0. The summed E-state index contributed by atoms with van der Waals surface area (Å²) in [6.45, 7) is 7.25. The fourth-order valence-corrected chi connectivity index (χ4v) is 3.30. The number of carboxylic acids is 1. The van der Waals surface area contributed by atoms with E-state index in [0.717, 1.165) is 32.6 Å². The summed E-state index contributed by atoms with van der Waals surface area (Å²) in [6.07, 6.45) is 4.82. The third kappa shape index (κ3) is 4.09. The Labute approximate surface area is 126 Å². The van der Waals surface area contributed by atoms with Crippen molar-refractivity contribution < 1.29 is 14.7 Å². The number of carbonyl (C=O) groups excluding carboxylic acids is 1. The fourth-order valence-electron chi connectivity index (χ4n) is 3.30. The maximum Gasteiger partial charge on any atom is 0.323 e. The van der Waals surface area contributed by atoms with Crippen molar-refractivity contribution in [3.8, 4) is 0 Å². The van der Waals surface area contributed by atoms with Gasteiger partial charge in [0, 0.05) is 25.2 Å². The first-order valence-corrected chi connectivity index (χ1v) is 8.00. The van der Waals surface area contributed by atoms with Crippen LogP contribution in [0, 0.1) is 0 Å². The zero-order valence-electron chi connectivity index (χ0n) is 13.1. The molecule has 2 saturated heterocycles. The van der Waals surface area contributed by atoms with Crippen LogP contribution < -0.4 is 0 Å². The van der Waals surface area contributed by atoms with Gasteiger partial charge in [-0.1, -0.05) is 6.42 Å². The van der Waals surface area contributed by atoms with Crippen LogP contribution in [0.15, 0.2) is 0 Å². The number of hydrogen-bond donors (Lipinski definition) is 1. The molecule has 2 aliphatic heterocycles. The number of likely N-dealkylation sites (tertiary alicyclic amines) is 2. The van der Waals surface area contributed by atoms with Crippen molar-refractivity contribution in [3.63, 3.8) is 0 Å². The van der Waals surface area contributed by atoms with Gasteiger partial charge in [0.25, 0.3) is 0 Å². The lowest BCUT2D eigenvalue weighted by Crippen LogP contribution is -2.49. The van der Waals surface area contributed by atoms with Crippen molar-refractivity contribution in [1.82, 2.24) is 14.7 Å². The van der Waals surface area contributed by atoms with Crippen LogP contribution in [0.2, 0.25) is 0 Å². The number of nitrogens with zero attached hydrogens (tertiary/aromatic N) is 3. The number of piperidine rings is 1. The van der Waals surface area contributed by atoms with Crippen LogP contribution in [0.4, 0.5) is 4.79 Å². The fraction of sp³-hybridized carbons (Fsp3) is 0.867. The van der Waals surface area contributed by atoms with E-state index in [1.807, 2.05) is 18.7 Å². The second kappa shape index (κ2) is 7.11. The molecule has 0 aromatic carbocycles. The number of aliphatic carboxylic acids is 1. The summed E-state index contributed by atoms with van der Waals surface area (Å²) in [6, 6.07) is 0.225. The van der Waals surface area contributed by atoms with Crippen LogP contribution in [-0.2, 0) is 4.79 Å². The average Bonchev–Trinajstić information content (AvgIpc) is 2.94. The second-order valence-corrected chi connectivity index (χ2v) is 6.38. The van der Waals surface area contributed by atoms with Crippen molar-refractivity contribution in [2.75, 3.05) is 32.7 Å². The molecule has 1 unspecified atom stereocenters. The van der Waals surface area contributed by atoms with Crippen molar-refractivity contribution in [2.24, 2.45) is 0 Å². The molecule has 2 aliphatic rings. The van der Waals surface area contributed by atoms with Crippen LogP contribution in [0.1, 0.15) is 39.5 Å². The van der Waals surface area contributed by atoms with Gasteiger partial charge in [-0.3, -0.25) is 9.69 Å². The van der Waals surface area contributed by atoms with Crippen molar-refractivity contribution in [1.29, 1.82) is 0 Å². The van der Waals surface area contributed by atoms with Gasteiger partial charge in [-0.2, -0.15) is 0 Å². The number of carboxylic acid groups (broad SMARTS) is 1. The van der Waals surface area contributed by atoms with Crippen molar-refractivity contribution in [2.45, 2.75) is 51.6 Å². The van der Waals surface area contributed by atoms with E-state index < -0.39 is 5.97 Å². The molecule has 2 amide bonds. The molecule has 0 saturated carbocycles. The predicted molar refractivity (Wildman–Crippen MR) is 80.3 cm³/mol. The number of carbonyl (C=O) groups is 2. The predicted octanol–water partition coefficient (Wildman–Crippen LogP) is 1.46. The van der Waals surface area contributed by atoms with E-state index in [2.05, 4.69) is 4.90 Å². The minimum atomic E-state index is -0.955. The van der Waals surface area contributed by atoms with Gasteiger partial charge in [0.15, 0.2) is 0 Å². The number of amides is 2. The highest BCUT2D eigenvalue weighted by atomic mass is 16.4. The summed E-state index contributed by atoms with van der Waals surface area (Å²) in [5.74, 6) is -0.955. The van der Waals surface area contributed by atoms with Gasteiger partial charge in [0.05, 0.1) is 0 Å². The number of hydrogen-bond acceptors (Lipinski definition) is 3. The van der Waals surface area contributed by atoms with E-state index in [-0.39, 0.29) is 18.6 Å². The lowest BCUT2D eigenvalue weighted by molar-refractivity contribution is -0.138. The Morgan fingerprint density at radius 1 is 1.19 bits per heavy atom. The Morgan fingerprint density at radius 2 is 1.86 bits per heavy atom. The van der Waals surface area contributed by atoms with Gasteiger partial charge < -0.3 is 14.9 Å². The summed E-state index contributed by atoms with van der Waals surface area (Å²) in [5.41, 5.74) is 0. The summed E-state index contributed by atoms with van der Waals surface area (Å²) in [7, 11) is 0. The molecular formula is C15H27N3O3. The molecule has 0 radical (unpaired) electrons. The third-order valence-corrected chi connectivity index (χ3v) is 4.52. The summed E-state index contributed by atoms with van der Waals surface area (Å²) >= 11 is 0. The molecule has 1 atom stereocenters. The zero-order valence-corrected chi connectivity index (χ0v) is 13.1. The molecule has 21 heavy (non-hydrogen) atoms. The van der Waals surface area contributed by atoms with E-state index in [9.17, 15) is 9.59 Å². The van der Waals surface area contributed by atoms with Gasteiger partial charge in [-0.05, 0) is 46.2 Å². The molecular weight excluding hydrogens is 270 g/mol. The van der Waals surface area contributed by atoms with Crippen LogP contribution in [0.3, 0.4) is 0 Å². The SMILES string of the molecule is CC(C)N(CC(=O)O)C(=O)N1CCC(N2CCCCC2)C1. The molecule has 0 aromatic heterocycles. The molecule has 2 rings (SSSR count). The number of rotatable bonds is 4. The molecule has 0 aliphatic carbocycles. The Morgan fingerprint density at radius 3 is 2.43 bits per heavy atom. The van der Waals surface area contributed by atoms with Crippen LogP contribution in [0.25, 0.3) is 0 Å². The van der Waals surface area contributed by atoms with Crippen molar-refractivity contribution >= 4 is 12.0 Å². The second-order valence-electron chi connectivity index (χ2n) is 6.38. The van der Waals surface area contributed by atoms with Gasteiger partial charge in [0.2, 0.25) is 0 Å². The molecule has 6 heteroatoms. The highest BCUT2D eigenvalue weighted by molar-refractivity contribution is 5.80. The molecule has 0 bridgehead atoms. The molecule has 2 fully saturated rings. The minimum Gasteiger partial charge on any atom is -0.480 e. The quantitative estimate of drug-likeness (QED) is 0.853. The first-order chi connectivity index (χ1) is 9.99. The Bertz CT molecular complexity index is 380. The maximum absolute atomic E-state index is 12.5. The molecule has 1 N–H and O–H groups in total.